The van der Waals surface area contributed by atoms with Crippen LogP contribution in [0.25, 0.3) is 0 Å². The molecule has 6 nitrogen and oxygen atoms in total. The average Bonchev–Trinajstić information content (AvgIpc) is 2.81. The van der Waals surface area contributed by atoms with Gasteiger partial charge in [0.15, 0.2) is 0 Å². The Morgan fingerprint density at radius 1 is 1.25 bits per heavy atom. The van der Waals surface area contributed by atoms with Crippen molar-refractivity contribution >= 4 is 11.4 Å². The second-order valence-electron chi connectivity index (χ2n) is 4.53. The molecule has 0 saturated carbocycles. The van der Waals surface area contributed by atoms with Gasteiger partial charge in [0, 0.05) is 29.4 Å². The number of anilines is 1. The summed E-state index contributed by atoms with van der Waals surface area (Å²) in [5.74, 6) is 0.823. The fourth-order valence-electron chi connectivity index (χ4n) is 2.20. The van der Waals surface area contributed by atoms with E-state index in [1.807, 2.05) is 0 Å². The lowest BCUT2D eigenvalue weighted by Crippen LogP contribution is -2.11. The highest BCUT2D eigenvalue weighted by atomic mass is 16.6. The number of rotatable bonds is 3. The fourth-order valence-corrected chi connectivity index (χ4v) is 2.20. The van der Waals surface area contributed by atoms with Crippen LogP contribution in [0.2, 0.25) is 0 Å². The minimum Gasteiger partial charge on any atom is -0.508 e. The molecule has 0 radical (unpaired) electrons. The standard InChI is InChI=1S/C14H12N2O4/c17-11-5-6-12-13(8-20-14(12)7-11)15-9-1-3-10(4-2-9)16(18)19/h1-7,13,15,17H,8H2. The van der Waals surface area contributed by atoms with Crippen LogP contribution in [-0.2, 0) is 0 Å². The number of nitrogens with one attached hydrogen (secondary N) is 1. The largest absolute Gasteiger partial charge is 0.508 e. The van der Waals surface area contributed by atoms with Gasteiger partial charge < -0.3 is 15.2 Å². The molecule has 0 fully saturated rings. The monoisotopic (exact) mass is 272 g/mol. The molecule has 0 bridgehead atoms. The maximum absolute atomic E-state index is 10.6. The summed E-state index contributed by atoms with van der Waals surface area (Å²) in [5.41, 5.74) is 1.80. The summed E-state index contributed by atoms with van der Waals surface area (Å²) in [6.07, 6.45) is 0. The molecular weight excluding hydrogens is 260 g/mol. The zero-order valence-electron chi connectivity index (χ0n) is 10.4. The molecule has 6 heteroatoms. The first kappa shape index (κ1) is 12.3. The van der Waals surface area contributed by atoms with Crippen LogP contribution in [-0.4, -0.2) is 16.6 Å². The molecule has 1 aliphatic rings. The van der Waals surface area contributed by atoms with Gasteiger partial charge in [0.05, 0.1) is 11.0 Å². The Kier molecular flexibility index (Phi) is 2.90. The molecule has 3 rings (SSSR count). The second-order valence-corrected chi connectivity index (χ2v) is 4.53. The molecule has 0 amide bonds. The lowest BCUT2D eigenvalue weighted by atomic mass is 10.1. The van der Waals surface area contributed by atoms with E-state index in [0.717, 1.165) is 11.3 Å². The molecule has 2 aromatic rings. The number of hydrogen-bond donors (Lipinski definition) is 2. The minimum absolute atomic E-state index is 0.0351. The summed E-state index contributed by atoms with van der Waals surface area (Å²) in [5, 5.41) is 23.2. The number of hydrogen-bond acceptors (Lipinski definition) is 5. The highest BCUT2D eigenvalue weighted by Gasteiger charge is 2.24. The third kappa shape index (κ3) is 2.23. The van der Waals surface area contributed by atoms with Crippen molar-refractivity contribution in [1.29, 1.82) is 0 Å². The van der Waals surface area contributed by atoms with Gasteiger partial charge in [-0.25, -0.2) is 0 Å². The van der Waals surface area contributed by atoms with E-state index < -0.39 is 4.92 Å². The third-order valence-corrected chi connectivity index (χ3v) is 3.20. The zero-order valence-corrected chi connectivity index (χ0v) is 10.4. The number of nitrogens with zero attached hydrogens (tertiary/aromatic N) is 1. The van der Waals surface area contributed by atoms with Crippen LogP contribution in [0, 0.1) is 10.1 Å². The highest BCUT2D eigenvalue weighted by Crippen LogP contribution is 2.36. The summed E-state index contributed by atoms with van der Waals surface area (Å²) in [4.78, 5) is 10.2. The first-order valence-electron chi connectivity index (χ1n) is 6.10. The van der Waals surface area contributed by atoms with E-state index >= 15 is 0 Å². The molecule has 102 valence electrons. The van der Waals surface area contributed by atoms with Crippen LogP contribution in [0.4, 0.5) is 11.4 Å². The summed E-state index contributed by atoms with van der Waals surface area (Å²) in [6.45, 7) is 0.454. The number of phenols is 1. The van der Waals surface area contributed by atoms with Crippen LogP contribution in [0.1, 0.15) is 11.6 Å². The predicted molar refractivity (Wildman–Crippen MR) is 73.1 cm³/mol. The first-order valence-corrected chi connectivity index (χ1v) is 6.10. The molecule has 1 aliphatic heterocycles. The lowest BCUT2D eigenvalue weighted by molar-refractivity contribution is -0.384. The van der Waals surface area contributed by atoms with E-state index in [1.165, 1.54) is 12.1 Å². The molecule has 20 heavy (non-hydrogen) atoms. The Balaban J connectivity index is 1.78. The van der Waals surface area contributed by atoms with Crippen molar-refractivity contribution < 1.29 is 14.8 Å². The number of ether oxygens (including phenoxy) is 1. The molecule has 2 N–H and O–H groups in total. The molecule has 0 aliphatic carbocycles. The maximum Gasteiger partial charge on any atom is 0.269 e. The van der Waals surface area contributed by atoms with Gasteiger partial charge >= 0.3 is 0 Å². The third-order valence-electron chi connectivity index (χ3n) is 3.20. The normalized spacial score (nSPS) is 16.3. The predicted octanol–water partition coefficient (Wildman–Crippen LogP) is 2.85. The van der Waals surface area contributed by atoms with Crippen LogP contribution >= 0.6 is 0 Å². The molecule has 1 heterocycles. The van der Waals surface area contributed by atoms with Gasteiger partial charge in [-0.15, -0.1) is 0 Å². The van der Waals surface area contributed by atoms with E-state index in [2.05, 4.69) is 5.32 Å². The van der Waals surface area contributed by atoms with Crippen LogP contribution < -0.4 is 10.1 Å². The van der Waals surface area contributed by atoms with Gasteiger partial charge in [0.25, 0.3) is 5.69 Å². The zero-order chi connectivity index (χ0) is 14.1. The van der Waals surface area contributed by atoms with Crippen molar-refractivity contribution in [3.63, 3.8) is 0 Å². The first-order chi connectivity index (χ1) is 9.63. The van der Waals surface area contributed by atoms with Crippen LogP contribution in [0.5, 0.6) is 11.5 Å². The van der Waals surface area contributed by atoms with Crippen molar-refractivity contribution in [3.8, 4) is 11.5 Å². The second kappa shape index (κ2) is 4.73. The fraction of sp³-hybridized carbons (Fsp3) is 0.143. The SMILES string of the molecule is O=[N+]([O-])c1ccc(NC2COc3cc(O)ccc32)cc1. The number of fused-ring (bicyclic) bond motifs is 1. The Morgan fingerprint density at radius 3 is 2.70 bits per heavy atom. The lowest BCUT2D eigenvalue weighted by Gasteiger charge is -2.12. The minimum atomic E-state index is -0.430. The molecule has 0 spiro atoms. The van der Waals surface area contributed by atoms with Gasteiger partial charge in [-0.3, -0.25) is 10.1 Å². The molecular formula is C14H12N2O4. The highest BCUT2D eigenvalue weighted by molar-refractivity contribution is 5.53. The van der Waals surface area contributed by atoms with Crippen molar-refractivity contribution in [2.75, 3.05) is 11.9 Å². The topological polar surface area (TPSA) is 84.6 Å². The summed E-state index contributed by atoms with van der Waals surface area (Å²) in [7, 11) is 0. The number of non-ortho nitro benzene ring substituents is 1. The number of aromatic hydroxyl groups is 1. The van der Waals surface area contributed by atoms with Gasteiger partial charge in [0.1, 0.15) is 18.1 Å². The van der Waals surface area contributed by atoms with Crippen molar-refractivity contribution in [2.24, 2.45) is 0 Å². The summed E-state index contributed by atoms with van der Waals surface area (Å²) >= 11 is 0. The number of phenolic OH excluding ortho intramolecular Hbond substituents is 1. The molecule has 1 atom stereocenters. The number of benzene rings is 2. The number of nitro groups is 1. The maximum atomic E-state index is 10.6. The average molecular weight is 272 g/mol. The summed E-state index contributed by atoms with van der Waals surface area (Å²) < 4.78 is 5.50. The molecule has 2 aromatic carbocycles. The van der Waals surface area contributed by atoms with Gasteiger partial charge in [-0.2, -0.15) is 0 Å². The Labute approximate surface area is 114 Å². The quantitative estimate of drug-likeness (QED) is 0.663. The van der Waals surface area contributed by atoms with Crippen LogP contribution in [0.3, 0.4) is 0 Å². The van der Waals surface area contributed by atoms with Crippen molar-refractivity contribution in [1.82, 2.24) is 0 Å². The van der Waals surface area contributed by atoms with E-state index in [-0.39, 0.29) is 17.5 Å². The Morgan fingerprint density at radius 2 is 2.00 bits per heavy atom. The molecule has 1 unspecified atom stereocenters. The van der Waals surface area contributed by atoms with Crippen molar-refractivity contribution in [3.05, 3.63) is 58.1 Å². The Bertz CT molecular complexity index is 655. The van der Waals surface area contributed by atoms with E-state index in [1.54, 1.807) is 30.3 Å². The van der Waals surface area contributed by atoms with Crippen molar-refractivity contribution in [2.45, 2.75) is 6.04 Å². The van der Waals surface area contributed by atoms with Gasteiger partial charge in [0.2, 0.25) is 0 Å². The van der Waals surface area contributed by atoms with E-state index in [0.29, 0.717) is 12.4 Å². The molecule has 0 aromatic heterocycles. The number of nitro benzene ring substituents is 1. The molecule has 0 saturated heterocycles. The van der Waals surface area contributed by atoms with Gasteiger partial charge in [-0.05, 0) is 24.3 Å². The Hall–Kier alpha value is -2.76. The summed E-state index contributed by atoms with van der Waals surface area (Å²) in [6, 6.07) is 11.2. The van der Waals surface area contributed by atoms with Gasteiger partial charge in [-0.1, -0.05) is 0 Å². The smallest absolute Gasteiger partial charge is 0.269 e. The van der Waals surface area contributed by atoms with E-state index in [4.69, 9.17) is 4.74 Å². The van der Waals surface area contributed by atoms with E-state index in [9.17, 15) is 15.2 Å². The van der Waals surface area contributed by atoms with Crippen LogP contribution in [0.15, 0.2) is 42.5 Å².